The highest BCUT2D eigenvalue weighted by atomic mass is 19.4. The van der Waals surface area contributed by atoms with E-state index in [0.29, 0.717) is 0 Å². The third kappa shape index (κ3) is 3.01. The van der Waals surface area contributed by atoms with Crippen LogP contribution in [-0.4, -0.2) is 21.4 Å². The maximum absolute atomic E-state index is 12.0. The number of H-pyrrole nitrogens is 1. The Labute approximate surface area is 100 Å². The van der Waals surface area contributed by atoms with Gasteiger partial charge in [0.25, 0.3) is 0 Å². The fourth-order valence-electron chi connectivity index (χ4n) is 1.47. The van der Waals surface area contributed by atoms with E-state index >= 15 is 0 Å². The Kier molecular flexibility index (Phi) is 3.24. The Bertz CT molecular complexity index is 511. The molecule has 0 fully saturated rings. The molecule has 2 rings (SSSR count). The van der Waals surface area contributed by atoms with Gasteiger partial charge in [0.2, 0.25) is 0 Å². The van der Waals surface area contributed by atoms with Crippen LogP contribution in [0.1, 0.15) is 17.5 Å². The van der Waals surface area contributed by atoms with Gasteiger partial charge in [-0.25, -0.2) is 4.98 Å². The zero-order valence-corrected chi connectivity index (χ0v) is 8.98. The predicted molar refractivity (Wildman–Crippen MR) is 55.8 cm³/mol. The van der Waals surface area contributed by atoms with Gasteiger partial charge in [0.15, 0.2) is 0 Å². The predicted octanol–water partition coefficient (Wildman–Crippen LogP) is 2.39. The Morgan fingerprint density at radius 3 is 2.72 bits per heavy atom. The number of hydrogen-bond acceptors (Lipinski definition) is 3. The number of aromatic nitrogens is 2. The second-order valence-corrected chi connectivity index (χ2v) is 3.50. The molecule has 0 radical (unpaired) electrons. The summed E-state index contributed by atoms with van der Waals surface area (Å²) < 4.78 is 39.9. The lowest BCUT2D eigenvalue weighted by atomic mass is 10.1. The van der Waals surface area contributed by atoms with Crippen molar-refractivity contribution in [2.24, 2.45) is 0 Å². The molecule has 1 aromatic heterocycles. The summed E-state index contributed by atoms with van der Waals surface area (Å²) >= 11 is 0. The van der Waals surface area contributed by atoms with E-state index in [2.05, 4.69) is 14.7 Å². The molecule has 2 N–H and O–H groups in total. The van der Waals surface area contributed by atoms with E-state index in [4.69, 9.17) is 0 Å². The third-order valence-electron chi connectivity index (χ3n) is 2.19. The maximum atomic E-state index is 12.0. The molecular formula is C11H9F3N2O2. The lowest BCUT2D eigenvalue weighted by molar-refractivity contribution is -0.274. The van der Waals surface area contributed by atoms with Crippen LogP contribution in [0.5, 0.6) is 5.75 Å². The molecule has 0 amide bonds. The number of hydrogen-bond donors (Lipinski definition) is 2. The molecule has 0 aliphatic heterocycles. The van der Waals surface area contributed by atoms with Gasteiger partial charge in [-0.2, -0.15) is 0 Å². The molecule has 1 atom stereocenters. The Balaban J connectivity index is 2.22. The van der Waals surface area contributed by atoms with Crippen molar-refractivity contribution in [1.29, 1.82) is 0 Å². The van der Waals surface area contributed by atoms with Crippen LogP contribution in [0.3, 0.4) is 0 Å². The normalized spacial score (nSPS) is 13.3. The van der Waals surface area contributed by atoms with E-state index in [1.54, 1.807) is 0 Å². The molecule has 7 heteroatoms. The summed E-state index contributed by atoms with van der Waals surface area (Å²) in [6, 6.07) is 5.12. The van der Waals surface area contributed by atoms with Crippen molar-refractivity contribution in [3.63, 3.8) is 0 Å². The van der Waals surface area contributed by atoms with E-state index in [1.165, 1.54) is 24.5 Å². The van der Waals surface area contributed by atoms with Crippen molar-refractivity contribution in [3.05, 3.63) is 48.0 Å². The number of benzene rings is 1. The maximum Gasteiger partial charge on any atom is 0.573 e. The minimum Gasteiger partial charge on any atom is -0.406 e. The lowest BCUT2D eigenvalue weighted by Gasteiger charge is -2.12. The van der Waals surface area contributed by atoms with Crippen molar-refractivity contribution in [2.45, 2.75) is 12.5 Å². The standard InChI is InChI=1S/C11H9F3N2O2/c12-11(13,14)18-8-3-1-2-7(6-8)9(17)10-15-4-5-16-10/h1-6,9,17H,(H,15,16). The van der Waals surface area contributed by atoms with E-state index in [1.807, 2.05) is 0 Å². The molecular weight excluding hydrogens is 249 g/mol. The minimum absolute atomic E-state index is 0.249. The van der Waals surface area contributed by atoms with E-state index in [0.717, 1.165) is 12.1 Å². The van der Waals surface area contributed by atoms with Crippen LogP contribution >= 0.6 is 0 Å². The van der Waals surface area contributed by atoms with Crippen LogP contribution in [0.15, 0.2) is 36.7 Å². The topological polar surface area (TPSA) is 58.1 Å². The lowest BCUT2D eigenvalue weighted by Crippen LogP contribution is -2.17. The number of aliphatic hydroxyl groups is 1. The smallest absolute Gasteiger partial charge is 0.406 e. The number of ether oxygens (including phenoxy) is 1. The van der Waals surface area contributed by atoms with Gasteiger partial charge in [-0.3, -0.25) is 0 Å². The van der Waals surface area contributed by atoms with Gasteiger partial charge < -0.3 is 14.8 Å². The second-order valence-electron chi connectivity index (χ2n) is 3.50. The quantitative estimate of drug-likeness (QED) is 0.888. The summed E-state index contributed by atoms with van der Waals surface area (Å²) in [6.45, 7) is 0. The number of nitrogens with one attached hydrogen (secondary N) is 1. The van der Waals surface area contributed by atoms with Crippen LogP contribution in [0.25, 0.3) is 0 Å². The van der Waals surface area contributed by atoms with Crippen LogP contribution in [0.4, 0.5) is 13.2 Å². The molecule has 4 nitrogen and oxygen atoms in total. The molecule has 0 aliphatic rings. The van der Waals surface area contributed by atoms with Crippen molar-refractivity contribution in [2.75, 3.05) is 0 Å². The average molecular weight is 258 g/mol. The van der Waals surface area contributed by atoms with E-state index < -0.39 is 12.5 Å². The molecule has 2 aromatic rings. The van der Waals surface area contributed by atoms with Gasteiger partial charge in [0, 0.05) is 12.4 Å². The molecule has 0 bridgehead atoms. The van der Waals surface area contributed by atoms with Crippen molar-refractivity contribution < 1.29 is 23.0 Å². The number of aromatic amines is 1. The van der Waals surface area contributed by atoms with Crippen molar-refractivity contribution >= 4 is 0 Å². The van der Waals surface area contributed by atoms with E-state index in [-0.39, 0.29) is 17.1 Å². The monoisotopic (exact) mass is 258 g/mol. The summed E-state index contributed by atoms with van der Waals surface area (Å²) in [5.74, 6) is -0.134. The summed E-state index contributed by atoms with van der Waals surface area (Å²) in [5, 5.41) is 9.87. The van der Waals surface area contributed by atoms with Gasteiger partial charge in [-0.05, 0) is 17.7 Å². The Morgan fingerprint density at radius 2 is 2.11 bits per heavy atom. The number of halogens is 3. The summed E-state index contributed by atoms with van der Waals surface area (Å²) in [7, 11) is 0. The summed E-state index contributed by atoms with van der Waals surface area (Å²) in [5.41, 5.74) is 0.256. The largest absolute Gasteiger partial charge is 0.573 e. The van der Waals surface area contributed by atoms with Crippen LogP contribution < -0.4 is 4.74 Å². The Hall–Kier alpha value is -2.02. The number of rotatable bonds is 3. The first-order chi connectivity index (χ1) is 8.46. The third-order valence-corrected chi connectivity index (χ3v) is 2.19. The Morgan fingerprint density at radius 1 is 1.33 bits per heavy atom. The molecule has 0 spiro atoms. The molecule has 1 unspecified atom stereocenters. The first-order valence-electron chi connectivity index (χ1n) is 4.99. The van der Waals surface area contributed by atoms with Gasteiger partial charge in [-0.15, -0.1) is 13.2 Å². The number of alkyl halides is 3. The van der Waals surface area contributed by atoms with Crippen molar-refractivity contribution in [3.8, 4) is 5.75 Å². The van der Waals surface area contributed by atoms with Crippen LogP contribution in [0, 0.1) is 0 Å². The minimum atomic E-state index is -4.76. The van der Waals surface area contributed by atoms with Gasteiger partial charge in [-0.1, -0.05) is 12.1 Å². The van der Waals surface area contributed by atoms with Crippen molar-refractivity contribution in [1.82, 2.24) is 9.97 Å². The molecule has 1 aromatic carbocycles. The summed E-state index contributed by atoms with van der Waals surface area (Å²) in [4.78, 5) is 6.51. The average Bonchev–Trinajstić information content (AvgIpc) is 2.79. The fraction of sp³-hybridized carbons (Fsp3) is 0.182. The molecule has 18 heavy (non-hydrogen) atoms. The number of aliphatic hydroxyl groups excluding tert-OH is 1. The SMILES string of the molecule is OC(c1cccc(OC(F)(F)F)c1)c1ncc[nH]1. The fourth-order valence-corrected chi connectivity index (χ4v) is 1.47. The zero-order chi connectivity index (χ0) is 13.2. The molecule has 96 valence electrons. The van der Waals surface area contributed by atoms with Crippen LogP contribution in [0.2, 0.25) is 0 Å². The molecule has 0 saturated heterocycles. The highest BCUT2D eigenvalue weighted by Gasteiger charge is 2.31. The summed E-state index contributed by atoms with van der Waals surface area (Å²) in [6.07, 6.45) is -2.94. The highest BCUT2D eigenvalue weighted by Crippen LogP contribution is 2.27. The van der Waals surface area contributed by atoms with Gasteiger partial charge in [0.1, 0.15) is 17.7 Å². The molecule has 0 aliphatic carbocycles. The molecule has 1 heterocycles. The first kappa shape index (κ1) is 12.4. The zero-order valence-electron chi connectivity index (χ0n) is 8.98. The van der Waals surface area contributed by atoms with Gasteiger partial charge in [0.05, 0.1) is 0 Å². The first-order valence-corrected chi connectivity index (χ1v) is 4.99. The number of nitrogens with zero attached hydrogens (tertiary/aromatic N) is 1. The van der Waals surface area contributed by atoms with Gasteiger partial charge >= 0.3 is 6.36 Å². The highest BCUT2D eigenvalue weighted by molar-refractivity contribution is 5.32. The van der Waals surface area contributed by atoms with E-state index in [9.17, 15) is 18.3 Å². The second kappa shape index (κ2) is 4.69. The van der Waals surface area contributed by atoms with Crippen LogP contribution in [-0.2, 0) is 0 Å². The molecule has 0 saturated carbocycles. The number of imidazole rings is 1.